The minimum Gasteiger partial charge on any atom is -0.393 e. The fraction of sp³-hybridized carbons (Fsp3) is 0.538. The second kappa shape index (κ2) is 6.31. The monoisotopic (exact) mass is 271 g/mol. The lowest BCUT2D eigenvalue weighted by Crippen LogP contribution is -2.27. The summed E-state index contributed by atoms with van der Waals surface area (Å²) in [7, 11) is -3.47. The van der Waals surface area contributed by atoms with Crippen molar-refractivity contribution in [1.29, 1.82) is 0 Å². The van der Waals surface area contributed by atoms with E-state index in [1.54, 1.807) is 12.1 Å². The van der Waals surface area contributed by atoms with Gasteiger partial charge in [0.2, 0.25) is 10.0 Å². The summed E-state index contributed by atoms with van der Waals surface area (Å²) in [5.41, 5.74) is 1.84. The van der Waals surface area contributed by atoms with E-state index in [4.69, 9.17) is 0 Å². The molecule has 0 aliphatic rings. The molecule has 1 aromatic carbocycles. The Labute approximate surface area is 109 Å². The number of aliphatic hydroxyl groups is 1. The normalized spacial score (nSPS) is 13.6. The van der Waals surface area contributed by atoms with Crippen molar-refractivity contribution in [2.45, 2.75) is 44.6 Å². The molecule has 1 atom stereocenters. The molecule has 0 heterocycles. The van der Waals surface area contributed by atoms with E-state index >= 15 is 0 Å². The molecular weight excluding hydrogens is 250 g/mol. The molecule has 4 nitrogen and oxygen atoms in total. The molecule has 0 fully saturated rings. The Morgan fingerprint density at radius 3 is 2.28 bits per heavy atom. The van der Waals surface area contributed by atoms with Crippen molar-refractivity contribution in [2.24, 2.45) is 0 Å². The van der Waals surface area contributed by atoms with Crippen LogP contribution < -0.4 is 4.72 Å². The molecule has 0 aliphatic carbocycles. The highest BCUT2D eigenvalue weighted by atomic mass is 32.2. The zero-order valence-corrected chi connectivity index (χ0v) is 11.9. The van der Waals surface area contributed by atoms with Gasteiger partial charge in [-0.2, -0.15) is 0 Å². The number of aliphatic hydroxyl groups excluding tert-OH is 1. The number of hydrogen-bond donors (Lipinski definition) is 2. The molecule has 102 valence electrons. The first-order valence-electron chi connectivity index (χ1n) is 6.11. The van der Waals surface area contributed by atoms with Crippen LogP contribution in [0, 0.1) is 13.8 Å². The molecule has 1 rings (SSSR count). The van der Waals surface area contributed by atoms with Crippen LogP contribution in [-0.2, 0) is 10.0 Å². The number of rotatable bonds is 6. The van der Waals surface area contributed by atoms with Crippen molar-refractivity contribution in [2.75, 3.05) is 6.54 Å². The van der Waals surface area contributed by atoms with Gasteiger partial charge in [0.15, 0.2) is 0 Å². The van der Waals surface area contributed by atoms with Crippen LogP contribution in [0.2, 0.25) is 0 Å². The Morgan fingerprint density at radius 2 is 1.78 bits per heavy atom. The van der Waals surface area contributed by atoms with E-state index in [1.165, 1.54) is 0 Å². The third-order valence-corrected chi connectivity index (χ3v) is 4.19. The topological polar surface area (TPSA) is 66.4 Å². The summed E-state index contributed by atoms with van der Waals surface area (Å²) in [5, 5.41) is 9.38. The maximum Gasteiger partial charge on any atom is 0.240 e. The Morgan fingerprint density at radius 1 is 1.22 bits per heavy atom. The van der Waals surface area contributed by atoms with Crippen LogP contribution in [0.5, 0.6) is 0 Å². The van der Waals surface area contributed by atoms with Gasteiger partial charge in [-0.05, 0) is 49.9 Å². The molecule has 0 aliphatic heterocycles. The summed E-state index contributed by atoms with van der Waals surface area (Å²) < 4.78 is 26.5. The van der Waals surface area contributed by atoms with E-state index in [2.05, 4.69) is 4.72 Å². The molecule has 1 unspecified atom stereocenters. The maximum atomic E-state index is 12.0. The van der Waals surface area contributed by atoms with E-state index in [-0.39, 0.29) is 11.4 Å². The first kappa shape index (κ1) is 15.1. The molecule has 5 heteroatoms. The van der Waals surface area contributed by atoms with Gasteiger partial charge in [-0.3, -0.25) is 0 Å². The largest absolute Gasteiger partial charge is 0.393 e. The summed E-state index contributed by atoms with van der Waals surface area (Å²) in [4.78, 5) is 0.283. The van der Waals surface area contributed by atoms with Gasteiger partial charge in [-0.1, -0.05) is 13.0 Å². The quantitative estimate of drug-likeness (QED) is 0.828. The SMILES string of the molecule is CCC(O)CCNS(=O)(=O)c1cc(C)cc(C)c1. The Kier molecular flexibility index (Phi) is 5.31. The van der Waals surface area contributed by atoms with Crippen molar-refractivity contribution in [3.05, 3.63) is 29.3 Å². The van der Waals surface area contributed by atoms with E-state index < -0.39 is 16.1 Å². The fourth-order valence-corrected chi connectivity index (χ4v) is 2.97. The third kappa shape index (κ3) is 4.40. The summed E-state index contributed by atoms with van der Waals surface area (Å²) in [6, 6.07) is 5.22. The Hall–Kier alpha value is -0.910. The summed E-state index contributed by atoms with van der Waals surface area (Å²) in [6.45, 7) is 5.85. The Bertz CT molecular complexity index is 477. The lowest BCUT2D eigenvalue weighted by Gasteiger charge is -2.10. The van der Waals surface area contributed by atoms with Crippen LogP contribution in [0.25, 0.3) is 0 Å². The first-order chi connectivity index (χ1) is 8.35. The first-order valence-corrected chi connectivity index (χ1v) is 7.59. The van der Waals surface area contributed by atoms with E-state index in [0.717, 1.165) is 11.1 Å². The minimum atomic E-state index is -3.47. The lowest BCUT2D eigenvalue weighted by atomic mass is 10.2. The van der Waals surface area contributed by atoms with Gasteiger partial charge in [-0.15, -0.1) is 0 Å². The molecule has 0 radical (unpaired) electrons. The molecule has 2 N–H and O–H groups in total. The number of aryl methyl sites for hydroxylation is 2. The predicted octanol–water partition coefficient (Wildman–Crippen LogP) is 1.74. The minimum absolute atomic E-state index is 0.254. The zero-order valence-electron chi connectivity index (χ0n) is 11.1. The highest BCUT2D eigenvalue weighted by molar-refractivity contribution is 7.89. The van der Waals surface area contributed by atoms with E-state index in [9.17, 15) is 13.5 Å². The van der Waals surface area contributed by atoms with E-state index in [1.807, 2.05) is 26.8 Å². The van der Waals surface area contributed by atoms with Gasteiger partial charge in [-0.25, -0.2) is 13.1 Å². The number of nitrogens with one attached hydrogen (secondary N) is 1. The van der Waals surface area contributed by atoms with Crippen molar-refractivity contribution in [3.63, 3.8) is 0 Å². The molecule has 0 saturated heterocycles. The number of benzene rings is 1. The van der Waals surface area contributed by atoms with Crippen LogP contribution in [0.1, 0.15) is 30.9 Å². The molecule has 18 heavy (non-hydrogen) atoms. The van der Waals surface area contributed by atoms with Crippen LogP contribution >= 0.6 is 0 Å². The summed E-state index contributed by atoms with van der Waals surface area (Å²) in [6.07, 6.45) is 0.609. The van der Waals surface area contributed by atoms with Gasteiger partial charge in [0.25, 0.3) is 0 Å². The lowest BCUT2D eigenvalue weighted by molar-refractivity contribution is 0.162. The van der Waals surface area contributed by atoms with Gasteiger partial charge in [0.05, 0.1) is 11.0 Å². The van der Waals surface area contributed by atoms with Crippen LogP contribution in [0.15, 0.2) is 23.1 Å². The second-order valence-corrected chi connectivity index (χ2v) is 6.34. The van der Waals surface area contributed by atoms with Crippen LogP contribution in [-0.4, -0.2) is 26.2 Å². The van der Waals surface area contributed by atoms with Crippen molar-refractivity contribution >= 4 is 10.0 Å². The molecule has 0 amide bonds. The fourth-order valence-electron chi connectivity index (χ4n) is 1.74. The van der Waals surface area contributed by atoms with E-state index in [0.29, 0.717) is 12.8 Å². The standard InChI is InChI=1S/C13H21NO3S/c1-4-12(15)5-6-14-18(16,17)13-8-10(2)7-11(3)9-13/h7-9,12,14-15H,4-6H2,1-3H3. The molecule has 0 saturated carbocycles. The number of sulfonamides is 1. The highest BCUT2D eigenvalue weighted by Gasteiger charge is 2.14. The molecule has 0 spiro atoms. The van der Waals surface area contributed by atoms with Crippen molar-refractivity contribution in [1.82, 2.24) is 4.72 Å². The maximum absolute atomic E-state index is 12.0. The van der Waals surface area contributed by atoms with Gasteiger partial charge in [0.1, 0.15) is 0 Å². The van der Waals surface area contributed by atoms with Gasteiger partial charge < -0.3 is 5.11 Å². The molecule has 1 aromatic rings. The summed E-state index contributed by atoms with van der Waals surface area (Å²) in [5.74, 6) is 0. The highest BCUT2D eigenvalue weighted by Crippen LogP contribution is 2.14. The Balaban J connectivity index is 2.74. The van der Waals surface area contributed by atoms with Gasteiger partial charge in [0, 0.05) is 6.54 Å². The average Bonchev–Trinajstić information content (AvgIpc) is 2.27. The van der Waals surface area contributed by atoms with Crippen LogP contribution in [0.3, 0.4) is 0 Å². The van der Waals surface area contributed by atoms with Crippen molar-refractivity contribution < 1.29 is 13.5 Å². The van der Waals surface area contributed by atoms with Gasteiger partial charge >= 0.3 is 0 Å². The van der Waals surface area contributed by atoms with Crippen LogP contribution in [0.4, 0.5) is 0 Å². The number of hydrogen-bond acceptors (Lipinski definition) is 3. The average molecular weight is 271 g/mol. The molecule has 0 bridgehead atoms. The zero-order chi connectivity index (χ0) is 13.8. The summed E-state index contributed by atoms with van der Waals surface area (Å²) >= 11 is 0. The molecule has 0 aromatic heterocycles. The molecular formula is C13H21NO3S. The third-order valence-electron chi connectivity index (χ3n) is 2.75. The smallest absolute Gasteiger partial charge is 0.240 e. The second-order valence-electron chi connectivity index (χ2n) is 4.57. The van der Waals surface area contributed by atoms with Crippen molar-refractivity contribution in [3.8, 4) is 0 Å². The predicted molar refractivity (Wildman–Crippen MR) is 72.0 cm³/mol.